The third-order valence-corrected chi connectivity index (χ3v) is 4.93. The van der Waals surface area contributed by atoms with Gasteiger partial charge in [0.25, 0.3) is 0 Å². The number of aromatic nitrogens is 1. The van der Waals surface area contributed by atoms with Gasteiger partial charge in [0.1, 0.15) is 5.76 Å². The molecule has 0 aliphatic carbocycles. The molecule has 1 aromatic carbocycles. The monoisotopic (exact) mass is 329 g/mol. The number of urea groups is 1. The van der Waals surface area contributed by atoms with Crippen LogP contribution in [0.15, 0.2) is 34.2 Å². The molecule has 0 unspecified atom stereocenters. The minimum atomic E-state index is -0.111. The number of carbonyl (C=O) groups is 1. The van der Waals surface area contributed by atoms with E-state index in [0.29, 0.717) is 13.1 Å². The molecule has 5 nitrogen and oxygen atoms in total. The van der Waals surface area contributed by atoms with Crippen LogP contribution in [-0.4, -0.2) is 23.1 Å². The van der Waals surface area contributed by atoms with Crippen LogP contribution in [-0.2, 0) is 13.1 Å². The van der Waals surface area contributed by atoms with E-state index in [1.54, 1.807) is 23.3 Å². The van der Waals surface area contributed by atoms with E-state index in [9.17, 15) is 4.79 Å². The Bertz CT molecular complexity index is 818. The van der Waals surface area contributed by atoms with Crippen molar-refractivity contribution in [2.45, 2.75) is 26.9 Å². The molecule has 2 amide bonds. The lowest BCUT2D eigenvalue weighted by Gasteiger charge is -2.17. The average Bonchev–Trinajstić information content (AvgIpc) is 3.10. The highest BCUT2D eigenvalue weighted by molar-refractivity contribution is 7.17. The number of rotatable bonds is 4. The van der Waals surface area contributed by atoms with Crippen molar-refractivity contribution in [2.24, 2.45) is 0 Å². The van der Waals surface area contributed by atoms with Crippen LogP contribution in [0, 0.1) is 13.8 Å². The molecule has 2 heterocycles. The van der Waals surface area contributed by atoms with Gasteiger partial charge in [-0.3, -0.25) is 0 Å². The molecule has 0 radical (unpaired) electrons. The first-order chi connectivity index (χ1) is 11.1. The number of hydrogen-bond donors (Lipinski definition) is 1. The summed E-state index contributed by atoms with van der Waals surface area (Å²) in [6, 6.07) is 8.11. The van der Waals surface area contributed by atoms with Crippen LogP contribution in [0.25, 0.3) is 10.1 Å². The first-order valence-corrected chi connectivity index (χ1v) is 8.30. The number of fused-ring (bicyclic) bond motifs is 1. The Labute approximate surface area is 138 Å². The van der Waals surface area contributed by atoms with Gasteiger partial charge < -0.3 is 14.7 Å². The standard InChI is InChI=1S/C17H19N3O2S/c1-11-15(12(2)22-19-11)9-20(3)17(21)18-8-13-10-23-16-7-5-4-6-14(13)16/h4-7,10H,8-9H2,1-3H3,(H,18,21). The Morgan fingerprint density at radius 3 is 2.87 bits per heavy atom. The second-order valence-electron chi connectivity index (χ2n) is 5.57. The SMILES string of the molecule is Cc1noc(C)c1CN(C)C(=O)NCc1csc2ccccc12. The van der Waals surface area contributed by atoms with Crippen molar-refractivity contribution in [1.29, 1.82) is 0 Å². The summed E-state index contributed by atoms with van der Waals surface area (Å²) in [5.41, 5.74) is 2.93. The lowest BCUT2D eigenvalue weighted by Crippen LogP contribution is -2.36. The highest BCUT2D eigenvalue weighted by atomic mass is 32.1. The number of hydrogen-bond acceptors (Lipinski definition) is 4. The number of thiophene rings is 1. The maximum absolute atomic E-state index is 12.3. The van der Waals surface area contributed by atoms with Gasteiger partial charge in [-0.2, -0.15) is 0 Å². The van der Waals surface area contributed by atoms with Crippen LogP contribution in [0.3, 0.4) is 0 Å². The summed E-state index contributed by atoms with van der Waals surface area (Å²) >= 11 is 1.70. The van der Waals surface area contributed by atoms with E-state index in [-0.39, 0.29) is 6.03 Å². The smallest absolute Gasteiger partial charge is 0.317 e. The van der Waals surface area contributed by atoms with E-state index in [2.05, 4.69) is 28.0 Å². The first kappa shape index (κ1) is 15.6. The van der Waals surface area contributed by atoms with Gasteiger partial charge in [-0.25, -0.2) is 4.79 Å². The highest BCUT2D eigenvalue weighted by Gasteiger charge is 2.15. The van der Waals surface area contributed by atoms with Gasteiger partial charge in [-0.1, -0.05) is 23.4 Å². The molecule has 120 valence electrons. The van der Waals surface area contributed by atoms with E-state index in [0.717, 1.165) is 22.6 Å². The van der Waals surface area contributed by atoms with Crippen LogP contribution in [0.5, 0.6) is 0 Å². The molecule has 0 atom stereocenters. The largest absolute Gasteiger partial charge is 0.361 e. The summed E-state index contributed by atoms with van der Waals surface area (Å²) in [5, 5.41) is 10.2. The molecule has 0 aliphatic rings. The zero-order valence-corrected chi connectivity index (χ0v) is 14.2. The molecule has 0 saturated carbocycles. The van der Waals surface area contributed by atoms with Gasteiger partial charge in [0.2, 0.25) is 0 Å². The first-order valence-electron chi connectivity index (χ1n) is 7.42. The molecule has 23 heavy (non-hydrogen) atoms. The van der Waals surface area contributed by atoms with E-state index in [4.69, 9.17) is 4.52 Å². The van der Waals surface area contributed by atoms with Crippen molar-refractivity contribution in [2.75, 3.05) is 7.05 Å². The molecule has 0 spiro atoms. The Balaban J connectivity index is 1.63. The second kappa shape index (κ2) is 6.42. The van der Waals surface area contributed by atoms with Gasteiger partial charge in [0, 0.05) is 23.9 Å². The number of carbonyl (C=O) groups excluding carboxylic acids is 1. The van der Waals surface area contributed by atoms with Crippen LogP contribution in [0.1, 0.15) is 22.6 Å². The number of benzene rings is 1. The van der Waals surface area contributed by atoms with Crippen LogP contribution in [0.4, 0.5) is 4.79 Å². The summed E-state index contributed by atoms with van der Waals surface area (Å²) in [7, 11) is 1.77. The average molecular weight is 329 g/mol. The summed E-state index contributed by atoms with van der Waals surface area (Å²) in [6.07, 6.45) is 0. The van der Waals surface area contributed by atoms with Crippen molar-refractivity contribution < 1.29 is 9.32 Å². The number of amides is 2. The molecule has 3 aromatic rings. The quantitative estimate of drug-likeness (QED) is 0.791. The lowest BCUT2D eigenvalue weighted by molar-refractivity contribution is 0.206. The van der Waals surface area contributed by atoms with Crippen molar-refractivity contribution in [1.82, 2.24) is 15.4 Å². The van der Waals surface area contributed by atoms with Crippen LogP contribution >= 0.6 is 11.3 Å². The van der Waals surface area contributed by atoms with Gasteiger partial charge in [0.15, 0.2) is 0 Å². The van der Waals surface area contributed by atoms with Crippen LogP contribution in [0.2, 0.25) is 0 Å². The predicted molar refractivity (Wildman–Crippen MR) is 91.5 cm³/mol. The zero-order valence-electron chi connectivity index (χ0n) is 13.4. The Morgan fingerprint density at radius 2 is 2.13 bits per heavy atom. The maximum atomic E-state index is 12.3. The van der Waals surface area contributed by atoms with E-state index >= 15 is 0 Å². The number of aryl methyl sites for hydroxylation is 2. The predicted octanol–water partition coefficient (Wildman–Crippen LogP) is 3.85. The molecule has 0 saturated heterocycles. The fraction of sp³-hybridized carbons (Fsp3) is 0.294. The maximum Gasteiger partial charge on any atom is 0.317 e. The van der Waals surface area contributed by atoms with Crippen LogP contribution < -0.4 is 5.32 Å². The van der Waals surface area contributed by atoms with E-state index in [1.165, 1.54) is 10.1 Å². The number of nitrogens with one attached hydrogen (secondary N) is 1. The molecule has 0 aliphatic heterocycles. The van der Waals surface area contributed by atoms with Crippen molar-refractivity contribution in [3.05, 3.63) is 52.2 Å². The summed E-state index contributed by atoms with van der Waals surface area (Å²) in [5.74, 6) is 0.756. The van der Waals surface area contributed by atoms with Gasteiger partial charge in [-0.05, 0) is 36.2 Å². The van der Waals surface area contributed by atoms with Gasteiger partial charge in [0.05, 0.1) is 12.2 Å². The highest BCUT2D eigenvalue weighted by Crippen LogP contribution is 2.25. The fourth-order valence-electron chi connectivity index (χ4n) is 2.51. The minimum absolute atomic E-state index is 0.111. The zero-order chi connectivity index (χ0) is 16.4. The summed E-state index contributed by atoms with van der Waals surface area (Å²) in [4.78, 5) is 13.9. The molecular weight excluding hydrogens is 310 g/mol. The molecule has 0 fully saturated rings. The molecule has 6 heteroatoms. The Morgan fingerprint density at radius 1 is 1.35 bits per heavy atom. The molecule has 2 aromatic heterocycles. The van der Waals surface area contributed by atoms with E-state index < -0.39 is 0 Å². The third kappa shape index (κ3) is 3.22. The second-order valence-corrected chi connectivity index (χ2v) is 6.49. The fourth-order valence-corrected chi connectivity index (χ4v) is 3.47. The molecular formula is C17H19N3O2S. The minimum Gasteiger partial charge on any atom is -0.361 e. The Kier molecular flexibility index (Phi) is 4.34. The molecule has 0 bridgehead atoms. The Hall–Kier alpha value is -2.34. The lowest BCUT2D eigenvalue weighted by atomic mass is 10.2. The molecule has 3 rings (SSSR count). The molecule has 1 N–H and O–H groups in total. The van der Waals surface area contributed by atoms with Crippen molar-refractivity contribution in [3.8, 4) is 0 Å². The summed E-state index contributed by atoms with van der Waals surface area (Å²) in [6.45, 7) is 4.75. The third-order valence-electron chi connectivity index (χ3n) is 3.91. The van der Waals surface area contributed by atoms with Gasteiger partial charge >= 0.3 is 6.03 Å². The summed E-state index contributed by atoms with van der Waals surface area (Å²) < 4.78 is 6.37. The topological polar surface area (TPSA) is 58.4 Å². The van der Waals surface area contributed by atoms with Crippen molar-refractivity contribution >= 4 is 27.5 Å². The van der Waals surface area contributed by atoms with Crippen molar-refractivity contribution in [3.63, 3.8) is 0 Å². The normalized spacial score (nSPS) is 10.9. The number of nitrogens with zero attached hydrogens (tertiary/aromatic N) is 2. The van der Waals surface area contributed by atoms with Gasteiger partial charge in [-0.15, -0.1) is 11.3 Å². The van der Waals surface area contributed by atoms with E-state index in [1.807, 2.05) is 26.0 Å².